The minimum absolute atomic E-state index is 0.0243. The Hall–Kier alpha value is -6.36. The van der Waals surface area contributed by atoms with E-state index in [2.05, 4.69) is 216 Å². The van der Waals surface area contributed by atoms with Crippen molar-refractivity contribution in [3.8, 4) is 0 Å². The van der Waals surface area contributed by atoms with E-state index in [4.69, 9.17) is 37.0 Å². The number of aliphatic hydroxyl groups is 1. The zero-order valence-corrected chi connectivity index (χ0v) is 71.0. The number of ether oxygens (including phenoxy) is 4. The number of allylic oxidation sites excluding steroid dienone is 34. The third kappa shape index (κ3) is 81.6. The van der Waals surface area contributed by atoms with E-state index in [1.165, 1.54) is 19.3 Å². The van der Waals surface area contributed by atoms with Crippen molar-refractivity contribution in [1.29, 1.82) is 0 Å². The number of carbonyl (C=O) groups is 4. The summed E-state index contributed by atoms with van der Waals surface area (Å²) in [6.45, 7) is 4.34. The number of hydrogen-bond donors (Lipinski definition) is 3. The fourth-order valence-electron chi connectivity index (χ4n) is 10.4. The second-order valence-electron chi connectivity index (χ2n) is 27.3. The van der Waals surface area contributed by atoms with Crippen LogP contribution < -0.4 is 0 Å². The third-order valence-corrected chi connectivity index (χ3v) is 18.6. The summed E-state index contributed by atoms with van der Waals surface area (Å²) in [5, 5.41) is 10.7. The minimum Gasteiger partial charge on any atom is -0.462 e. The Morgan fingerprint density at radius 1 is 0.259 bits per heavy atom. The van der Waals surface area contributed by atoms with Gasteiger partial charge in [-0.1, -0.05) is 298 Å². The average Bonchev–Trinajstić information content (AvgIpc) is 0.898. The summed E-state index contributed by atoms with van der Waals surface area (Å²) in [5.74, 6) is -2.36. The van der Waals surface area contributed by atoms with Crippen LogP contribution in [0.3, 0.4) is 0 Å². The summed E-state index contributed by atoms with van der Waals surface area (Å²) in [6.07, 6.45) is 104. The highest BCUT2D eigenvalue weighted by atomic mass is 31.2. The summed E-state index contributed by atoms with van der Waals surface area (Å²) < 4.78 is 68.7. The normalized spacial score (nSPS) is 14.8. The molecule has 0 radical (unpaired) electrons. The minimum atomic E-state index is -5.02. The van der Waals surface area contributed by atoms with Crippen LogP contribution in [0.4, 0.5) is 0 Å². The second kappa shape index (κ2) is 82.6. The number of phosphoric acid groups is 2. The van der Waals surface area contributed by atoms with Gasteiger partial charge in [-0.05, 0) is 180 Å². The van der Waals surface area contributed by atoms with E-state index in [0.29, 0.717) is 32.1 Å². The zero-order valence-electron chi connectivity index (χ0n) is 69.3. The molecule has 0 saturated carbocycles. The van der Waals surface area contributed by atoms with Crippen LogP contribution in [-0.4, -0.2) is 96.7 Å². The maximum absolute atomic E-state index is 13.1. The molecular formula is C93H148O17P2. The molecule has 3 N–H and O–H groups in total. The van der Waals surface area contributed by atoms with Crippen molar-refractivity contribution in [2.45, 2.75) is 316 Å². The van der Waals surface area contributed by atoms with Gasteiger partial charge in [0.25, 0.3) is 0 Å². The van der Waals surface area contributed by atoms with Crippen molar-refractivity contribution in [1.82, 2.24) is 0 Å². The maximum atomic E-state index is 13.1. The molecule has 0 amide bonds. The number of esters is 4. The zero-order chi connectivity index (χ0) is 81.7. The Morgan fingerprint density at radius 2 is 0.482 bits per heavy atom. The van der Waals surface area contributed by atoms with E-state index in [1.807, 2.05) is 18.2 Å². The molecule has 0 bridgehead atoms. The molecule has 0 aromatic rings. The predicted molar refractivity (Wildman–Crippen MR) is 463 cm³/mol. The molecule has 0 heterocycles. The highest BCUT2D eigenvalue weighted by molar-refractivity contribution is 7.47. The molecular weight excluding hydrogens is 1450 g/mol. The summed E-state index contributed by atoms with van der Waals surface area (Å²) in [4.78, 5) is 73.2. The molecule has 0 spiro atoms. The van der Waals surface area contributed by atoms with Crippen LogP contribution in [0.5, 0.6) is 0 Å². The molecule has 0 aromatic heterocycles. The van der Waals surface area contributed by atoms with Gasteiger partial charge < -0.3 is 33.8 Å². The summed E-state index contributed by atoms with van der Waals surface area (Å²) in [6, 6.07) is 0. The Kier molecular flexibility index (Phi) is 77.9. The quantitative estimate of drug-likeness (QED) is 0.0169. The standard InChI is InChI=1S/C93H148O17P2/c1-5-9-13-17-21-25-29-33-37-40-43-46-50-53-57-61-65-69-73-77-90(95)103-83-88(109-92(97)79-75-71-67-63-59-55-49-36-32-28-24-20-16-12-8-4)85-107-111(99,100)105-81-87(94)82-106-112(101,102)108-86-89(110-93(98)80-76-72-68-64-60-56-52-48-45-42-39-35-31-27-23-19-15-11-7-3)84-104-91(96)78-74-70-66-62-58-54-51-47-44-41-38-34-30-26-22-18-14-10-6-2/h9-10,12-14,16,21-28,33-39,43-49,53-54,57-58,66,70,87-89,94H,5-8,11,15,17-20,29-32,40-42,50-52,55-56,59-65,67-69,71-86H2,1-4H3,(H,99,100)(H,101,102)/b13-9-,14-10-,16-12-,25-21-,26-22-,27-23-,28-24-,37-33-,38-34-,39-35-,46-43-,47-44-,48-45-,49-36-,57-53-,58-54-,70-66-. The second-order valence-corrected chi connectivity index (χ2v) is 30.2. The lowest BCUT2D eigenvalue weighted by Gasteiger charge is -2.21. The van der Waals surface area contributed by atoms with Gasteiger partial charge in [0.1, 0.15) is 19.3 Å². The molecule has 0 aliphatic rings. The summed E-state index contributed by atoms with van der Waals surface area (Å²) >= 11 is 0. The Balaban J connectivity index is 5.53. The lowest BCUT2D eigenvalue weighted by atomic mass is 10.1. The Morgan fingerprint density at radius 3 is 0.777 bits per heavy atom. The first-order chi connectivity index (χ1) is 54.7. The fraction of sp³-hybridized carbons (Fsp3) is 0.591. The first kappa shape index (κ1) is 106. The highest BCUT2D eigenvalue weighted by Gasteiger charge is 2.30. The molecule has 0 aliphatic carbocycles. The number of aliphatic hydroxyl groups excluding tert-OH is 1. The Bertz CT molecular complexity index is 2940. The molecule has 0 saturated heterocycles. The van der Waals surface area contributed by atoms with Crippen molar-refractivity contribution in [3.05, 3.63) is 207 Å². The number of unbranched alkanes of at least 4 members (excludes halogenated alkanes) is 17. The molecule has 112 heavy (non-hydrogen) atoms. The SMILES string of the molecule is CC/C=C\C/C=C\C/C=C\C/C=C\C/C=C\C/C=C\CCC(=O)OCC(COP(=O)(O)OCC(O)COP(=O)(O)OCC(COC(=O)CCCCC/C=C\C/C=C\C/C=C\C/C=C\C/C=C\CC)OC(=O)CCCCCCC/C=C\C/C=C\C/C=C\CC)OC(=O)CCCCCCCC/C=C\C/C=C\C/C=C\CCCCC. The molecule has 0 aromatic carbocycles. The average molecular weight is 1600 g/mol. The van der Waals surface area contributed by atoms with E-state index in [9.17, 15) is 43.2 Å². The third-order valence-electron chi connectivity index (χ3n) is 16.7. The maximum Gasteiger partial charge on any atom is 0.472 e. The smallest absolute Gasteiger partial charge is 0.462 e. The van der Waals surface area contributed by atoms with Crippen molar-refractivity contribution < 1.29 is 80.2 Å². The van der Waals surface area contributed by atoms with Gasteiger partial charge in [0, 0.05) is 25.7 Å². The molecule has 0 fully saturated rings. The van der Waals surface area contributed by atoms with Crippen LogP contribution in [0.1, 0.15) is 297 Å². The fourth-order valence-corrected chi connectivity index (χ4v) is 12.0. The van der Waals surface area contributed by atoms with Gasteiger partial charge in [0.05, 0.1) is 26.4 Å². The van der Waals surface area contributed by atoms with Gasteiger partial charge in [-0.25, -0.2) is 9.13 Å². The lowest BCUT2D eigenvalue weighted by Crippen LogP contribution is -2.30. The van der Waals surface area contributed by atoms with Gasteiger partial charge in [0.2, 0.25) is 0 Å². The van der Waals surface area contributed by atoms with Crippen molar-refractivity contribution in [3.63, 3.8) is 0 Å². The van der Waals surface area contributed by atoms with Gasteiger partial charge in [0.15, 0.2) is 12.2 Å². The van der Waals surface area contributed by atoms with Gasteiger partial charge in [-0.3, -0.25) is 37.3 Å². The molecule has 5 unspecified atom stereocenters. The molecule has 632 valence electrons. The van der Waals surface area contributed by atoms with E-state index < -0.39 is 97.5 Å². The molecule has 19 heteroatoms. The molecule has 0 aliphatic heterocycles. The molecule has 5 atom stereocenters. The predicted octanol–water partition coefficient (Wildman–Crippen LogP) is 25.4. The summed E-state index contributed by atoms with van der Waals surface area (Å²) in [7, 11) is -10.0. The lowest BCUT2D eigenvalue weighted by molar-refractivity contribution is -0.161. The first-order valence-corrected chi connectivity index (χ1v) is 45.3. The van der Waals surface area contributed by atoms with Crippen LogP contribution in [0, 0.1) is 0 Å². The van der Waals surface area contributed by atoms with Crippen LogP contribution in [0.15, 0.2) is 207 Å². The van der Waals surface area contributed by atoms with Crippen molar-refractivity contribution in [2.24, 2.45) is 0 Å². The van der Waals surface area contributed by atoms with Gasteiger partial charge >= 0.3 is 39.5 Å². The van der Waals surface area contributed by atoms with Crippen molar-refractivity contribution >= 4 is 39.5 Å². The molecule has 17 nitrogen and oxygen atoms in total. The number of rotatable bonds is 77. The Labute approximate surface area is 678 Å². The van der Waals surface area contributed by atoms with E-state index in [1.54, 1.807) is 0 Å². The summed E-state index contributed by atoms with van der Waals surface area (Å²) in [5.41, 5.74) is 0. The van der Waals surface area contributed by atoms with E-state index in [-0.39, 0.29) is 25.7 Å². The van der Waals surface area contributed by atoms with Gasteiger partial charge in [-0.2, -0.15) is 0 Å². The highest BCUT2D eigenvalue weighted by Crippen LogP contribution is 2.45. The topological polar surface area (TPSA) is 237 Å². The van der Waals surface area contributed by atoms with Gasteiger partial charge in [-0.15, -0.1) is 0 Å². The largest absolute Gasteiger partial charge is 0.472 e. The van der Waals surface area contributed by atoms with Crippen LogP contribution in [-0.2, 0) is 65.4 Å². The number of phosphoric ester groups is 2. The van der Waals surface area contributed by atoms with Crippen molar-refractivity contribution in [2.75, 3.05) is 39.6 Å². The van der Waals surface area contributed by atoms with Crippen LogP contribution in [0.25, 0.3) is 0 Å². The molecule has 0 rings (SSSR count). The first-order valence-electron chi connectivity index (χ1n) is 42.3. The van der Waals surface area contributed by atoms with E-state index in [0.717, 1.165) is 193 Å². The monoisotopic (exact) mass is 1600 g/mol. The number of carbonyl (C=O) groups excluding carboxylic acids is 4. The van der Waals surface area contributed by atoms with E-state index >= 15 is 0 Å². The van der Waals surface area contributed by atoms with Crippen LogP contribution >= 0.6 is 15.6 Å². The number of hydrogen-bond acceptors (Lipinski definition) is 15. The van der Waals surface area contributed by atoms with Crippen LogP contribution in [0.2, 0.25) is 0 Å².